The van der Waals surface area contributed by atoms with Gasteiger partial charge >= 0.3 is 0 Å². The summed E-state index contributed by atoms with van der Waals surface area (Å²) < 4.78 is 28.0. The summed E-state index contributed by atoms with van der Waals surface area (Å²) in [5, 5.41) is 2.99. The first-order valence-electron chi connectivity index (χ1n) is 12.5. The molecule has 1 heterocycles. The number of aryl methyl sites for hydroxylation is 1. The third kappa shape index (κ3) is 7.56. The SMILES string of the molecule is CCCc1ccc(S(=O)(=O)Nc2ccc(C(=O)N3CCC[C@H](C(=O)NCCC(C)C)C3)cc2)cc1. The predicted octanol–water partition coefficient (Wildman–Crippen LogP) is 4.45. The Balaban J connectivity index is 1.59. The quantitative estimate of drug-likeness (QED) is 0.505. The van der Waals surface area contributed by atoms with Crippen LogP contribution in [-0.2, 0) is 21.2 Å². The highest BCUT2D eigenvalue weighted by atomic mass is 32.2. The monoisotopic (exact) mass is 499 g/mol. The van der Waals surface area contributed by atoms with E-state index in [1.165, 1.54) is 0 Å². The smallest absolute Gasteiger partial charge is 0.261 e. The molecule has 2 aromatic rings. The van der Waals surface area contributed by atoms with Gasteiger partial charge in [-0.05, 0) is 73.6 Å². The molecular weight excluding hydrogens is 462 g/mol. The van der Waals surface area contributed by atoms with Crippen molar-refractivity contribution in [1.82, 2.24) is 10.2 Å². The number of rotatable bonds is 10. The van der Waals surface area contributed by atoms with Gasteiger partial charge in [-0.2, -0.15) is 0 Å². The van der Waals surface area contributed by atoms with Gasteiger partial charge in [0.1, 0.15) is 0 Å². The molecule has 2 amide bonds. The summed E-state index contributed by atoms with van der Waals surface area (Å²) in [6.07, 6.45) is 4.39. The number of nitrogens with one attached hydrogen (secondary N) is 2. The average molecular weight is 500 g/mol. The summed E-state index contributed by atoms with van der Waals surface area (Å²) in [5.41, 5.74) is 1.96. The fraction of sp³-hybridized carbons (Fsp3) is 0.481. The molecule has 0 unspecified atom stereocenters. The Hall–Kier alpha value is -2.87. The van der Waals surface area contributed by atoms with Crippen molar-refractivity contribution in [1.29, 1.82) is 0 Å². The molecule has 0 radical (unpaired) electrons. The number of nitrogens with zero attached hydrogens (tertiary/aromatic N) is 1. The zero-order chi connectivity index (χ0) is 25.4. The van der Waals surface area contributed by atoms with Crippen molar-refractivity contribution in [3.63, 3.8) is 0 Å². The van der Waals surface area contributed by atoms with Gasteiger partial charge < -0.3 is 10.2 Å². The number of anilines is 1. The summed E-state index contributed by atoms with van der Waals surface area (Å²) in [5.74, 6) is 0.189. The maximum atomic E-state index is 13.0. The first kappa shape index (κ1) is 26.7. The molecule has 1 atom stereocenters. The summed E-state index contributed by atoms with van der Waals surface area (Å²) >= 11 is 0. The van der Waals surface area contributed by atoms with E-state index in [2.05, 4.69) is 30.8 Å². The lowest BCUT2D eigenvalue weighted by atomic mass is 9.96. The highest BCUT2D eigenvalue weighted by Crippen LogP contribution is 2.21. The van der Waals surface area contributed by atoms with Crippen molar-refractivity contribution in [2.75, 3.05) is 24.4 Å². The van der Waals surface area contributed by atoms with Crippen LogP contribution >= 0.6 is 0 Å². The molecule has 3 rings (SSSR count). The van der Waals surface area contributed by atoms with Crippen LogP contribution < -0.4 is 10.0 Å². The number of hydrogen-bond acceptors (Lipinski definition) is 4. The van der Waals surface area contributed by atoms with E-state index >= 15 is 0 Å². The lowest BCUT2D eigenvalue weighted by Crippen LogP contribution is -2.45. The minimum atomic E-state index is -3.72. The second-order valence-electron chi connectivity index (χ2n) is 9.64. The van der Waals surface area contributed by atoms with Crippen molar-refractivity contribution < 1.29 is 18.0 Å². The molecule has 1 aliphatic rings. The molecule has 35 heavy (non-hydrogen) atoms. The van der Waals surface area contributed by atoms with Crippen LogP contribution in [0.25, 0.3) is 0 Å². The topological polar surface area (TPSA) is 95.6 Å². The summed E-state index contributed by atoms with van der Waals surface area (Å²) in [6, 6.07) is 13.3. The van der Waals surface area contributed by atoms with E-state index in [-0.39, 0.29) is 22.6 Å². The number of amides is 2. The van der Waals surface area contributed by atoms with E-state index in [0.29, 0.717) is 36.8 Å². The van der Waals surface area contributed by atoms with E-state index in [9.17, 15) is 18.0 Å². The lowest BCUT2D eigenvalue weighted by Gasteiger charge is -2.32. The van der Waals surface area contributed by atoms with Gasteiger partial charge in [-0.3, -0.25) is 14.3 Å². The molecule has 0 spiro atoms. The van der Waals surface area contributed by atoms with Crippen LogP contribution in [-0.4, -0.2) is 44.8 Å². The van der Waals surface area contributed by atoms with Crippen LogP contribution in [0.3, 0.4) is 0 Å². The summed E-state index contributed by atoms with van der Waals surface area (Å²) in [4.78, 5) is 27.5. The molecule has 0 saturated carbocycles. The number of likely N-dealkylation sites (tertiary alicyclic amines) is 1. The Morgan fingerprint density at radius 2 is 1.74 bits per heavy atom. The molecule has 0 bridgehead atoms. The normalized spacial score (nSPS) is 16.2. The molecule has 7 nitrogen and oxygen atoms in total. The Kier molecular flexibility index (Phi) is 9.32. The van der Waals surface area contributed by atoms with Crippen LogP contribution in [0.1, 0.15) is 62.4 Å². The Bertz CT molecular complexity index is 1100. The van der Waals surface area contributed by atoms with E-state index in [0.717, 1.165) is 37.7 Å². The molecular formula is C27H37N3O4S. The number of carbonyl (C=O) groups is 2. The molecule has 8 heteroatoms. The lowest BCUT2D eigenvalue weighted by molar-refractivity contribution is -0.126. The van der Waals surface area contributed by atoms with Gasteiger partial charge in [0.25, 0.3) is 15.9 Å². The first-order valence-corrected chi connectivity index (χ1v) is 14.0. The second-order valence-corrected chi connectivity index (χ2v) is 11.3. The van der Waals surface area contributed by atoms with Crippen molar-refractivity contribution >= 4 is 27.5 Å². The fourth-order valence-corrected chi connectivity index (χ4v) is 5.26. The Morgan fingerprint density at radius 3 is 2.37 bits per heavy atom. The van der Waals surface area contributed by atoms with E-state index in [4.69, 9.17) is 0 Å². The minimum Gasteiger partial charge on any atom is -0.356 e. The number of benzene rings is 2. The van der Waals surface area contributed by atoms with Gasteiger partial charge in [0.05, 0.1) is 10.8 Å². The van der Waals surface area contributed by atoms with Gasteiger partial charge in [0.15, 0.2) is 0 Å². The second kappa shape index (κ2) is 12.2. The van der Waals surface area contributed by atoms with Crippen LogP contribution in [0.5, 0.6) is 0 Å². The van der Waals surface area contributed by atoms with Crippen LogP contribution in [0.15, 0.2) is 53.4 Å². The van der Waals surface area contributed by atoms with Crippen LogP contribution in [0, 0.1) is 11.8 Å². The largest absolute Gasteiger partial charge is 0.356 e. The highest BCUT2D eigenvalue weighted by Gasteiger charge is 2.29. The van der Waals surface area contributed by atoms with Crippen molar-refractivity contribution in [3.05, 3.63) is 59.7 Å². The molecule has 1 fully saturated rings. The molecule has 1 saturated heterocycles. The van der Waals surface area contributed by atoms with Crippen molar-refractivity contribution in [2.24, 2.45) is 11.8 Å². The van der Waals surface area contributed by atoms with E-state index < -0.39 is 10.0 Å². The Morgan fingerprint density at radius 1 is 1.06 bits per heavy atom. The number of hydrogen-bond donors (Lipinski definition) is 2. The van der Waals surface area contributed by atoms with Gasteiger partial charge in [-0.25, -0.2) is 8.42 Å². The van der Waals surface area contributed by atoms with E-state index in [1.807, 2.05) is 12.1 Å². The molecule has 2 N–H and O–H groups in total. The number of carbonyl (C=O) groups excluding carboxylic acids is 2. The maximum absolute atomic E-state index is 13.0. The molecule has 190 valence electrons. The zero-order valence-electron chi connectivity index (χ0n) is 20.9. The van der Waals surface area contributed by atoms with Gasteiger partial charge in [-0.15, -0.1) is 0 Å². The highest BCUT2D eigenvalue weighted by molar-refractivity contribution is 7.92. The summed E-state index contributed by atoms with van der Waals surface area (Å²) in [7, 11) is -3.72. The molecule has 0 aliphatic carbocycles. The van der Waals surface area contributed by atoms with Gasteiger partial charge in [-0.1, -0.05) is 39.3 Å². The Labute approximate surface area is 209 Å². The minimum absolute atomic E-state index is 0.00984. The number of sulfonamides is 1. The predicted molar refractivity (Wildman–Crippen MR) is 139 cm³/mol. The van der Waals surface area contributed by atoms with Gasteiger partial charge in [0.2, 0.25) is 5.91 Å². The molecule has 1 aliphatic heterocycles. The number of piperidine rings is 1. The van der Waals surface area contributed by atoms with E-state index in [1.54, 1.807) is 41.3 Å². The van der Waals surface area contributed by atoms with Crippen LogP contribution in [0.4, 0.5) is 5.69 Å². The van der Waals surface area contributed by atoms with Crippen molar-refractivity contribution in [2.45, 2.75) is 57.8 Å². The average Bonchev–Trinajstić information content (AvgIpc) is 2.84. The zero-order valence-corrected chi connectivity index (χ0v) is 21.7. The third-order valence-electron chi connectivity index (χ3n) is 6.26. The standard InChI is InChI=1S/C27H37N3O4S/c1-4-6-21-8-14-25(15-9-21)35(33,34)29-24-12-10-22(11-13-24)27(32)30-18-5-7-23(19-30)26(31)28-17-16-20(2)3/h8-15,20,23,29H,4-7,16-19H2,1-3H3,(H,28,31)/t23-/m0/s1. The summed E-state index contributed by atoms with van der Waals surface area (Å²) in [6.45, 7) is 7.98. The molecule has 0 aromatic heterocycles. The maximum Gasteiger partial charge on any atom is 0.261 e. The van der Waals surface area contributed by atoms with Gasteiger partial charge in [0, 0.05) is 30.9 Å². The van der Waals surface area contributed by atoms with Crippen molar-refractivity contribution in [3.8, 4) is 0 Å². The first-order chi connectivity index (χ1) is 16.7. The molecule has 2 aromatic carbocycles. The fourth-order valence-electron chi connectivity index (χ4n) is 4.21. The van der Waals surface area contributed by atoms with Crippen LogP contribution in [0.2, 0.25) is 0 Å². The third-order valence-corrected chi connectivity index (χ3v) is 7.65.